The van der Waals surface area contributed by atoms with Crippen LogP contribution in [-0.4, -0.2) is 68.4 Å². The van der Waals surface area contributed by atoms with Crippen molar-refractivity contribution in [2.75, 3.05) is 56.5 Å². The molecule has 2 N–H and O–H groups in total. The zero-order valence-corrected chi connectivity index (χ0v) is 12.8. The molecule has 9 heteroatoms. The lowest BCUT2D eigenvalue weighted by atomic mass is 10.3. The van der Waals surface area contributed by atoms with Crippen LogP contribution in [0.4, 0.5) is 22.6 Å². The van der Waals surface area contributed by atoms with Crippen LogP contribution in [0.1, 0.15) is 6.42 Å². The lowest BCUT2D eigenvalue weighted by Crippen LogP contribution is -2.37. The Labute approximate surface area is 123 Å². The molecule has 1 aromatic heterocycles. The Balaban J connectivity index is 2.12. The van der Waals surface area contributed by atoms with E-state index in [9.17, 15) is 4.79 Å². The van der Waals surface area contributed by atoms with Gasteiger partial charge in [0.15, 0.2) is 0 Å². The number of amides is 1. The molecule has 1 amide bonds. The van der Waals surface area contributed by atoms with Gasteiger partial charge in [0, 0.05) is 34.2 Å². The molecule has 1 aromatic rings. The molecule has 0 radical (unpaired) electrons. The second kappa shape index (κ2) is 6.42. The third-order valence-corrected chi connectivity index (χ3v) is 3.21. The van der Waals surface area contributed by atoms with Gasteiger partial charge in [-0.3, -0.25) is 0 Å². The Bertz CT molecular complexity index is 508. The van der Waals surface area contributed by atoms with Crippen molar-refractivity contribution in [3.8, 4) is 0 Å². The smallest absolute Gasteiger partial charge is 0.407 e. The van der Waals surface area contributed by atoms with Gasteiger partial charge in [0.1, 0.15) is 0 Å². The molecular weight excluding hydrogens is 274 g/mol. The fourth-order valence-electron chi connectivity index (χ4n) is 2.09. The molecule has 116 valence electrons. The predicted molar refractivity (Wildman–Crippen MR) is 79.9 cm³/mol. The number of anilines is 3. The van der Waals surface area contributed by atoms with Gasteiger partial charge < -0.3 is 25.2 Å². The summed E-state index contributed by atoms with van der Waals surface area (Å²) < 4.78 is 4.61. The zero-order chi connectivity index (χ0) is 15.4. The maximum absolute atomic E-state index is 11.2. The zero-order valence-electron chi connectivity index (χ0n) is 12.8. The summed E-state index contributed by atoms with van der Waals surface area (Å²) in [6.07, 6.45) is 0.412. The van der Waals surface area contributed by atoms with E-state index in [1.807, 2.05) is 23.9 Å². The van der Waals surface area contributed by atoms with E-state index in [0.29, 0.717) is 24.4 Å². The Morgan fingerprint density at radius 1 is 1.38 bits per heavy atom. The number of ether oxygens (including phenoxy) is 1. The standard InChI is InChI=1S/C12H21N7O2/c1-13-9-15-10(18(2)3)17-11(16-9)19-6-5-8(7-19)14-12(20)21-4/h8H,5-7H2,1-4H3,(H,14,20)(H,13,15,16,17). The van der Waals surface area contributed by atoms with E-state index in [1.165, 1.54) is 7.11 Å². The molecule has 0 spiro atoms. The van der Waals surface area contributed by atoms with Gasteiger partial charge >= 0.3 is 6.09 Å². The summed E-state index contributed by atoms with van der Waals surface area (Å²) in [7, 11) is 6.88. The van der Waals surface area contributed by atoms with Crippen LogP contribution in [-0.2, 0) is 4.74 Å². The summed E-state index contributed by atoms with van der Waals surface area (Å²) in [5.41, 5.74) is 0. The van der Waals surface area contributed by atoms with Crippen LogP contribution >= 0.6 is 0 Å². The van der Waals surface area contributed by atoms with Gasteiger partial charge in [-0.25, -0.2) is 4.79 Å². The molecule has 0 aromatic carbocycles. The number of carbonyl (C=O) groups excluding carboxylic acids is 1. The molecule has 1 atom stereocenters. The van der Waals surface area contributed by atoms with Gasteiger partial charge in [-0.15, -0.1) is 0 Å². The number of nitrogens with one attached hydrogen (secondary N) is 2. The van der Waals surface area contributed by atoms with Crippen LogP contribution in [0.5, 0.6) is 0 Å². The summed E-state index contributed by atoms with van der Waals surface area (Å²) in [5.74, 6) is 1.72. The van der Waals surface area contributed by atoms with Gasteiger partial charge in [0.05, 0.1) is 13.2 Å². The number of nitrogens with zero attached hydrogens (tertiary/aromatic N) is 5. The number of aromatic nitrogens is 3. The highest BCUT2D eigenvalue weighted by atomic mass is 16.5. The van der Waals surface area contributed by atoms with E-state index in [1.54, 1.807) is 7.05 Å². The highest BCUT2D eigenvalue weighted by Crippen LogP contribution is 2.19. The first-order valence-electron chi connectivity index (χ1n) is 6.74. The molecule has 1 aliphatic rings. The van der Waals surface area contributed by atoms with Crippen LogP contribution in [0.15, 0.2) is 0 Å². The van der Waals surface area contributed by atoms with Crippen molar-refractivity contribution in [2.45, 2.75) is 12.5 Å². The number of methoxy groups -OCH3 is 1. The molecule has 0 aliphatic carbocycles. The second-order valence-electron chi connectivity index (χ2n) is 4.97. The molecular formula is C12H21N7O2. The van der Waals surface area contributed by atoms with E-state index < -0.39 is 6.09 Å². The van der Waals surface area contributed by atoms with Gasteiger partial charge in [-0.05, 0) is 6.42 Å². The number of hydrogen-bond acceptors (Lipinski definition) is 8. The lowest BCUT2D eigenvalue weighted by Gasteiger charge is -2.19. The first-order valence-corrected chi connectivity index (χ1v) is 6.74. The average molecular weight is 295 g/mol. The van der Waals surface area contributed by atoms with Gasteiger partial charge in [-0.2, -0.15) is 15.0 Å². The minimum absolute atomic E-state index is 0.0371. The molecule has 0 bridgehead atoms. The largest absolute Gasteiger partial charge is 0.453 e. The average Bonchev–Trinajstić information content (AvgIpc) is 2.94. The normalized spacial score (nSPS) is 17.5. The lowest BCUT2D eigenvalue weighted by molar-refractivity contribution is 0.167. The Hall–Kier alpha value is -2.32. The maximum atomic E-state index is 11.2. The third kappa shape index (κ3) is 3.61. The van der Waals surface area contributed by atoms with E-state index in [4.69, 9.17) is 0 Å². The molecule has 1 aliphatic heterocycles. The molecule has 2 heterocycles. The first-order chi connectivity index (χ1) is 10.0. The highest BCUT2D eigenvalue weighted by Gasteiger charge is 2.26. The highest BCUT2D eigenvalue weighted by molar-refractivity contribution is 5.67. The predicted octanol–water partition coefficient (Wildman–Crippen LogP) is -0.0860. The van der Waals surface area contributed by atoms with E-state index in [-0.39, 0.29) is 6.04 Å². The van der Waals surface area contributed by atoms with Crippen molar-refractivity contribution in [3.63, 3.8) is 0 Å². The van der Waals surface area contributed by atoms with Gasteiger partial charge in [0.2, 0.25) is 17.8 Å². The molecule has 0 saturated carbocycles. The van der Waals surface area contributed by atoms with Crippen molar-refractivity contribution >= 4 is 23.9 Å². The quantitative estimate of drug-likeness (QED) is 0.796. The molecule has 1 fully saturated rings. The van der Waals surface area contributed by atoms with Crippen LogP contribution < -0.4 is 20.4 Å². The van der Waals surface area contributed by atoms with Crippen LogP contribution in [0.2, 0.25) is 0 Å². The molecule has 1 saturated heterocycles. The molecule has 9 nitrogen and oxygen atoms in total. The van der Waals surface area contributed by atoms with Crippen molar-refractivity contribution in [1.29, 1.82) is 0 Å². The molecule has 21 heavy (non-hydrogen) atoms. The van der Waals surface area contributed by atoms with Gasteiger partial charge in [-0.1, -0.05) is 0 Å². The molecule has 2 rings (SSSR count). The van der Waals surface area contributed by atoms with Crippen molar-refractivity contribution in [2.24, 2.45) is 0 Å². The Morgan fingerprint density at radius 2 is 2.14 bits per heavy atom. The van der Waals surface area contributed by atoms with E-state index in [0.717, 1.165) is 13.0 Å². The van der Waals surface area contributed by atoms with Crippen molar-refractivity contribution in [1.82, 2.24) is 20.3 Å². The van der Waals surface area contributed by atoms with E-state index in [2.05, 4.69) is 30.3 Å². The Kier molecular flexibility index (Phi) is 4.61. The van der Waals surface area contributed by atoms with Gasteiger partial charge in [0.25, 0.3) is 0 Å². The van der Waals surface area contributed by atoms with E-state index >= 15 is 0 Å². The van der Waals surface area contributed by atoms with Crippen molar-refractivity contribution in [3.05, 3.63) is 0 Å². The third-order valence-electron chi connectivity index (χ3n) is 3.21. The number of rotatable bonds is 4. The monoisotopic (exact) mass is 295 g/mol. The van der Waals surface area contributed by atoms with Crippen LogP contribution in [0.25, 0.3) is 0 Å². The Morgan fingerprint density at radius 3 is 2.76 bits per heavy atom. The second-order valence-corrected chi connectivity index (χ2v) is 4.97. The summed E-state index contributed by atoms with van der Waals surface area (Å²) in [4.78, 5) is 28.2. The summed E-state index contributed by atoms with van der Waals surface area (Å²) >= 11 is 0. The summed E-state index contributed by atoms with van der Waals surface area (Å²) in [5, 5.41) is 5.73. The minimum Gasteiger partial charge on any atom is -0.453 e. The summed E-state index contributed by atoms with van der Waals surface area (Å²) in [6, 6.07) is 0.0371. The van der Waals surface area contributed by atoms with Crippen molar-refractivity contribution < 1.29 is 9.53 Å². The fraction of sp³-hybridized carbons (Fsp3) is 0.667. The number of hydrogen-bond donors (Lipinski definition) is 2. The summed E-state index contributed by atoms with van der Waals surface area (Å²) in [6.45, 7) is 1.42. The van der Waals surface area contributed by atoms with Crippen LogP contribution in [0, 0.1) is 0 Å². The SMILES string of the molecule is CNc1nc(N(C)C)nc(N2CCC(NC(=O)OC)C2)n1. The van der Waals surface area contributed by atoms with Crippen LogP contribution in [0.3, 0.4) is 0 Å². The first kappa shape index (κ1) is 15.1. The fourth-order valence-corrected chi connectivity index (χ4v) is 2.09. The minimum atomic E-state index is -0.414. The maximum Gasteiger partial charge on any atom is 0.407 e. The number of carbonyl (C=O) groups is 1. The molecule has 1 unspecified atom stereocenters. The topological polar surface area (TPSA) is 95.5 Å². The number of alkyl carbamates (subject to hydrolysis) is 1.